The lowest BCUT2D eigenvalue weighted by Gasteiger charge is -2.21. The highest BCUT2D eigenvalue weighted by atomic mass is 16.4. The molecule has 5 heteroatoms. The van der Waals surface area contributed by atoms with Gasteiger partial charge in [0.05, 0.1) is 6.04 Å². The third-order valence-electron chi connectivity index (χ3n) is 3.06. The zero-order valence-corrected chi connectivity index (χ0v) is 11.0. The van der Waals surface area contributed by atoms with Crippen LogP contribution in [0, 0.1) is 6.92 Å². The van der Waals surface area contributed by atoms with Crippen molar-refractivity contribution < 1.29 is 4.42 Å². The molecule has 2 heterocycles. The summed E-state index contributed by atoms with van der Waals surface area (Å²) in [6, 6.07) is 4.21. The van der Waals surface area contributed by atoms with Crippen molar-refractivity contribution in [1.29, 1.82) is 0 Å². The van der Waals surface area contributed by atoms with E-state index >= 15 is 0 Å². The largest absolute Gasteiger partial charge is 0.424 e. The molecule has 2 rings (SSSR count). The molecule has 5 nitrogen and oxygen atoms in total. The van der Waals surface area contributed by atoms with Gasteiger partial charge in [-0.15, -0.1) is 10.2 Å². The molecule has 1 atom stereocenters. The molecule has 0 spiro atoms. The molecule has 0 N–H and O–H groups in total. The molecule has 0 saturated heterocycles. The number of likely N-dealkylation sites (N-methyl/N-ethyl adjacent to an activating group) is 1. The smallest absolute Gasteiger partial charge is 0.233 e. The van der Waals surface area contributed by atoms with Gasteiger partial charge in [0, 0.05) is 25.9 Å². The molecule has 0 bridgehead atoms. The molecular formula is C13H18N4O. The molecule has 2 aromatic heterocycles. The van der Waals surface area contributed by atoms with Crippen LogP contribution in [-0.2, 0) is 6.42 Å². The average molecular weight is 246 g/mol. The maximum atomic E-state index is 5.44. The predicted octanol–water partition coefficient (Wildman–Crippen LogP) is 2.01. The minimum atomic E-state index is 0.132. The number of nitrogens with zero attached hydrogens (tertiary/aromatic N) is 4. The van der Waals surface area contributed by atoms with Gasteiger partial charge in [0.25, 0.3) is 0 Å². The minimum absolute atomic E-state index is 0.132. The average Bonchev–Trinajstić information content (AvgIpc) is 2.83. The van der Waals surface area contributed by atoms with E-state index in [9.17, 15) is 0 Å². The number of aromatic nitrogens is 3. The molecule has 96 valence electrons. The van der Waals surface area contributed by atoms with Crippen molar-refractivity contribution in [3.63, 3.8) is 0 Å². The predicted molar refractivity (Wildman–Crippen MR) is 68.0 cm³/mol. The van der Waals surface area contributed by atoms with Crippen molar-refractivity contribution >= 4 is 0 Å². The van der Waals surface area contributed by atoms with Crippen molar-refractivity contribution in [2.45, 2.75) is 26.3 Å². The Bertz CT molecular complexity index is 483. The fourth-order valence-electron chi connectivity index (χ4n) is 1.72. The maximum absolute atomic E-state index is 5.44. The molecule has 0 radical (unpaired) electrons. The molecule has 0 aromatic carbocycles. The highest BCUT2D eigenvalue weighted by Crippen LogP contribution is 2.17. The van der Waals surface area contributed by atoms with Crippen molar-refractivity contribution in [2.24, 2.45) is 0 Å². The summed E-state index contributed by atoms with van der Waals surface area (Å²) in [6.45, 7) is 4.81. The van der Waals surface area contributed by atoms with E-state index < -0.39 is 0 Å². The first-order valence-electron chi connectivity index (χ1n) is 6.06. The zero-order chi connectivity index (χ0) is 13.0. The van der Waals surface area contributed by atoms with E-state index in [1.165, 1.54) is 5.56 Å². The van der Waals surface area contributed by atoms with Gasteiger partial charge in [-0.3, -0.25) is 9.88 Å². The highest BCUT2D eigenvalue weighted by molar-refractivity contribution is 5.10. The van der Waals surface area contributed by atoms with Crippen LogP contribution >= 0.6 is 0 Å². The van der Waals surface area contributed by atoms with Crippen LogP contribution in [0.5, 0.6) is 0 Å². The molecule has 0 saturated carbocycles. The van der Waals surface area contributed by atoms with E-state index in [4.69, 9.17) is 4.42 Å². The van der Waals surface area contributed by atoms with Gasteiger partial charge in [-0.05, 0) is 38.1 Å². The highest BCUT2D eigenvalue weighted by Gasteiger charge is 2.17. The van der Waals surface area contributed by atoms with Gasteiger partial charge in [-0.1, -0.05) is 0 Å². The number of rotatable bonds is 5. The lowest BCUT2D eigenvalue weighted by Crippen LogP contribution is -2.25. The lowest BCUT2D eigenvalue weighted by molar-refractivity contribution is 0.225. The summed E-state index contributed by atoms with van der Waals surface area (Å²) in [5.74, 6) is 1.28. The van der Waals surface area contributed by atoms with Crippen LogP contribution in [-0.4, -0.2) is 33.7 Å². The fourth-order valence-corrected chi connectivity index (χ4v) is 1.72. The molecule has 0 aliphatic rings. The summed E-state index contributed by atoms with van der Waals surface area (Å²) in [5, 5.41) is 7.91. The molecule has 18 heavy (non-hydrogen) atoms. The molecule has 0 aliphatic carbocycles. The number of aryl methyl sites for hydroxylation is 1. The molecule has 0 fully saturated rings. The second kappa shape index (κ2) is 5.73. The van der Waals surface area contributed by atoms with Crippen LogP contribution in [0.2, 0.25) is 0 Å². The quantitative estimate of drug-likeness (QED) is 0.807. The van der Waals surface area contributed by atoms with E-state index in [-0.39, 0.29) is 6.04 Å². The molecule has 2 aromatic rings. The zero-order valence-electron chi connectivity index (χ0n) is 11.0. The van der Waals surface area contributed by atoms with Gasteiger partial charge in [-0.2, -0.15) is 0 Å². The third kappa shape index (κ3) is 3.13. The van der Waals surface area contributed by atoms with Crippen molar-refractivity contribution in [3.8, 4) is 0 Å². The summed E-state index contributed by atoms with van der Waals surface area (Å²) in [5.41, 5.74) is 1.28. The Kier molecular flexibility index (Phi) is 4.04. The maximum Gasteiger partial charge on any atom is 0.233 e. The Morgan fingerprint density at radius 3 is 2.61 bits per heavy atom. The van der Waals surface area contributed by atoms with E-state index in [2.05, 4.69) is 34.1 Å². The first kappa shape index (κ1) is 12.7. The van der Waals surface area contributed by atoms with Crippen LogP contribution in [0.4, 0.5) is 0 Å². The lowest BCUT2D eigenvalue weighted by atomic mass is 10.2. The standard InChI is InChI=1S/C13H18N4O/c1-10(13-16-15-11(2)18-13)17(3)9-6-12-4-7-14-8-5-12/h4-5,7-8,10H,6,9H2,1-3H3. The van der Waals surface area contributed by atoms with Crippen LogP contribution in [0.1, 0.15) is 30.3 Å². The Labute approximate surface area is 107 Å². The topological polar surface area (TPSA) is 55.1 Å². The normalized spacial score (nSPS) is 12.9. The van der Waals surface area contributed by atoms with Gasteiger partial charge in [0.15, 0.2) is 0 Å². The van der Waals surface area contributed by atoms with Crippen molar-refractivity contribution in [1.82, 2.24) is 20.1 Å². The van der Waals surface area contributed by atoms with Gasteiger partial charge < -0.3 is 4.42 Å². The SMILES string of the molecule is Cc1nnc(C(C)N(C)CCc2ccncc2)o1. The van der Waals surface area contributed by atoms with E-state index in [1.54, 1.807) is 6.92 Å². The van der Waals surface area contributed by atoms with Gasteiger partial charge in [0.1, 0.15) is 0 Å². The fraction of sp³-hybridized carbons (Fsp3) is 0.462. The Morgan fingerprint density at radius 2 is 2.00 bits per heavy atom. The molecule has 0 aliphatic heterocycles. The first-order valence-corrected chi connectivity index (χ1v) is 6.06. The number of hydrogen-bond donors (Lipinski definition) is 0. The van der Waals surface area contributed by atoms with Crippen LogP contribution < -0.4 is 0 Å². The summed E-state index contributed by atoms with van der Waals surface area (Å²) >= 11 is 0. The van der Waals surface area contributed by atoms with E-state index in [0.717, 1.165) is 13.0 Å². The summed E-state index contributed by atoms with van der Waals surface area (Å²) < 4.78 is 5.44. The van der Waals surface area contributed by atoms with Crippen LogP contribution in [0.25, 0.3) is 0 Å². The first-order chi connectivity index (χ1) is 8.66. The second-order valence-electron chi connectivity index (χ2n) is 4.42. The van der Waals surface area contributed by atoms with Crippen LogP contribution in [0.3, 0.4) is 0 Å². The van der Waals surface area contributed by atoms with E-state index in [1.807, 2.05) is 24.5 Å². The Balaban J connectivity index is 1.90. The van der Waals surface area contributed by atoms with Gasteiger partial charge in [0.2, 0.25) is 11.8 Å². The second-order valence-corrected chi connectivity index (χ2v) is 4.42. The van der Waals surface area contributed by atoms with Crippen molar-refractivity contribution in [3.05, 3.63) is 41.9 Å². The summed E-state index contributed by atoms with van der Waals surface area (Å²) in [7, 11) is 2.06. The minimum Gasteiger partial charge on any atom is -0.424 e. The summed E-state index contributed by atoms with van der Waals surface area (Å²) in [6.07, 6.45) is 4.62. The van der Waals surface area contributed by atoms with Gasteiger partial charge >= 0.3 is 0 Å². The monoisotopic (exact) mass is 246 g/mol. The van der Waals surface area contributed by atoms with Crippen molar-refractivity contribution in [2.75, 3.05) is 13.6 Å². The van der Waals surface area contributed by atoms with Gasteiger partial charge in [-0.25, -0.2) is 0 Å². The molecule has 1 unspecified atom stereocenters. The number of hydrogen-bond acceptors (Lipinski definition) is 5. The Morgan fingerprint density at radius 1 is 1.28 bits per heavy atom. The van der Waals surface area contributed by atoms with Crippen LogP contribution in [0.15, 0.2) is 28.9 Å². The van der Waals surface area contributed by atoms with E-state index in [0.29, 0.717) is 11.8 Å². The molecule has 0 amide bonds. The molecular weight excluding hydrogens is 228 g/mol. The summed E-state index contributed by atoms with van der Waals surface area (Å²) in [4.78, 5) is 6.21. The number of pyridine rings is 1. The third-order valence-corrected chi connectivity index (χ3v) is 3.06. The Hall–Kier alpha value is -1.75.